The van der Waals surface area contributed by atoms with Crippen LogP contribution in [0.2, 0.25) is 0 Å². The van der Waals surface area contributed by atoms with Gasteiger partial charge in [-0.05, 0) is 49.8 Å². The van der Waals surface area contributed by atoms with E-state index in [0.717, 1.165) is 57.0 Å². The van der Waals surface area contributed by atoms with Crippen LogP contribution in [0.25, 0.3) is 0 Å². The molecule has 0 spiro atoms. The molecular weight excluding hydrogens is 350 g/mol. The number of benzene rings is 1. The number of amides is 2. The van der Waals surface area contributed by atoms with Gasteiger partial charge in [0, 0.05) is 43.8 Å². The van der Waals surface area contributed by atoms with Gasteiger partial charge in [0.05, 0.1) is 0 Å². The van der Waals surface area contributed by atoms with E-state index < -0.39 is 0 Å². The molecule has 2 saturated heterocycles. The van der Waals surface area contributed by atoms with Crippen LogP contribution in [0.15, 0.2) is 48.8 Å². The number of aromatic nitrogens is 2. The second kappa shape index (κ2) is 9.04. The van der Waals surface area contributed by atoms with E-state index in [1.165, 1.54) is 12.8 Å². The molecular formula is C22H29N5O. The number of nitrogens with zero attached hydrogens (tertiary/aromatic N) is 4. The summed E-state index contributed by atoms with van der Waals surface area (Å²) in [4.78, 5) is 26.2. The number of hydrogen-bond acceptors (Lipinski definition) is 4. The second-order valence-corrected chi connectivity index (χ2v) is 7.78. The Labute approximate surface area is 167 Å². The SMILES string of the molecule is O=C(Nc1ccccc1)N1CCCCC[C@H]1C1CCN(c2ncccn2)CC1. The molecule has 28 heavy (non-hydrogen) atoms. The van der Waals surface area contributed by atoms with Crippen LogP contribution < -0.4 is 10.2 Å². The third-order valence-corrected chi connectivity index (χ3v) is 6.00. The molecule has 1 aromatic carbocycles. The number of urea groups is 1. The number of rotatable bonds is 3. The molecule has 0 radical (unpaired) electrons. The number of anilines is 2. The van der Waals surface area contributed by atoms with Crippen molar-refractivity contribution in [1.82, 2.24) is 14.9 Å². The fourth-order valence-corrected chi connectivity index (χ4v) is 4.53. The molecule has 0 saturated carbocycles. The number of para-hydroxylation sites is 1. The second-order valence-electron chi connectivity index (χ2n) is 7.78. The van der Waals surface area contributed by atoms with Crippen molar-refractivity contribution in [2.45, 2.75) is 44.6 Å². The molecule has 6 nitrogen and oxygen atoms in total. The molecule has 1 aromatic heterocycles. The standard InChI is InChI=1S/C22H29N5O/c28-22(25-19-8-3-1-4-9-19)27-15-6-2-5-10-20(27)18-11-16-26(17-12-18)21-23-13-7-14-24-21/h1,3-4,7-9,13-14,18,20H,2,5-6,10-12,15-17H2,(H,25,28)/t20-/m0/s1. The van der Waals surface area contributed by atoms with E-state index in [9.17, 15) is 4.79 Å². The first kappa shape index (κ1) is 18.7. The fourth-order valence-electron chi connectivity index (χ4n) is 4.53. The quantitative estimate of drug-likeness (QED) is 0.869. The Hall–Kier alpha value is -2.63. The first-order valence-electron chi connectivity index (χ1n) is 10.5. The summed E-state index contributed by atoms with van der Waals surface area (Å²) in [6.45, 7) is 2.77. The Morgan fingerprint density at radius 1 is 0.893 bits per heavy atom. The molecule has 3 heterocycles. The van der Waals surface area contributed by atoms with Crippen molar-refractivity contribution in [3.8, 4) is 0 Å². The average molecular weight is 380 g/mol. The minimum absolute atomic E-state index is 0.0481. The Bertz CT molecular complexity index is 746. The maximum absolute atomic E-state index is 13.0. The van der Waals surface area contributed by atoms with Crippen LogP contribution in [0.4, 0.5) is 16.4 Å². The molecule has 148 valence electrons. The fraction of sp³-hybridized carbons (Fsp3) is 0.500. The predicted molar refractivity (Wildman–Crippen MR) is 111 cm³/mol. The number of nitrogens with one attached hydrogen (secondary N) is 1. The van der Waals surface area contributed by atoms with Crippen LogP contribution >= 0.6 is 0 Å². The largest absolute Gasteiger partial charge is 0.341 e. The number of carbonyl (C=O) groups excluding carboxylic acids is 1. The molecule has 1 atom stereocenters. The summed E-state index contributed by atoms with van der Waals surface area (Å²) < 4.78 is 0. The summed E-state index contributed by atoms with van der Waals surface area (Å²) in [5.74, 6) is 1.36. The van der Waals surface area contributed by atoms with Crippen molar-refractivity contribution in [3.05, 3.63) is 48.8 Å². The molecule has 2 amide bonds. The Morgan fingerprint density at radius 3 is 2.39 bits per heavy atom. The maximum Gasteiger partial charge on any atom is 0.322 e. The van der Waals surface area contributed by atoms with Gasteiger partial charge in [-0.15, -0.1) is 0 Å². The van der Waals surface area contributed by atoms with Crippen molar-refractivity contribution >= 4 is 17.7 Å². The summed E-state index contributed by atoms with van der Waals surface area (Å²) in [6, 6.07) is 12.0. The van der Waals surface area contributed by atoms with Crippen LogP contribution in [0.3, 0.4) is 0 Å². The Balaban J connectivity index is 1.41. The average Bonchev–Trinajstić information content (AvgIpc) is 3.01. The zero-order valence-corrected chi connectivity index (χ0v) is 16.3. The molecule has 2 aromatic rings. The zero-order valence-electron chi connectivity index (χ0n) is 16.3. The third kappa shape index (κ3) is 4.43. The van der Waals surface area contributed by atoms with Crippen molar-refractivity contribution < 1.29 is 4.79 Å². The van der Waals surface area contributed by atoms with Gasteiger partial charge < -0.3 is 15.1 Å². The predicted octanol–water partition coefficient (Wildman–Crippen LogP) is 4.17. The molecule has 2 aliphatic rings. The lowest BCUT2D eigenvalue weighted by atomic mass is 9.86. The summed E-state index contributed by atoms with van der Waals surface area (Å²) in [5, 5.41) is 3.10. The Kier molecular flexibility index (Phi) is 6.04. The van der Waals surface area contributed by atoms with E-state index in [2.05, 4.69) is 25.1 Å². The summed E-state index contributed by atoms with van der Waals surface area (Å²) in [6.07, 6.45) is 10.4. The van der Waals surface area contributed by atoms with Crippen molar-refractivity contribution in [1.29, 1.82) is 0 Å². The van der Waals surface area contributed by atoms with E-state index >= 15 is 0 Å². The lowest BCUT2D eigenvalue weighted by Gasteiger charge is -2.40. The van der Waals surface area contributed by atoms with E-state index in [-0.39, 0.29) is 6.03 Å². The van der Waals surface area contributed by atoms with Crippen LogP contribution in [0.1, 0.15) is 38.5 Å². The zero-order chi connectivity index (χ0) is 19.2. The van der Waals surface area contributed by atoms with Gasteiger partial charge in [-0.3, -0.25) is 0 Å². The van der Waals surface area contributed by atoms with E-state index in [1.54, 1.807) is 12.4 Å². The lowest BCUT2D eigenvalue weighted by molar-refractivity contribution is 0.146. The van der Waals surface area contributed by atoms with Crippen molar-refractivity contribution in [3.63, 3.8) is 0 Å². The van der Waals surface area contributed by atoms with E-state index in [4.69, 9.17) is 0 Å². The van der Waals surface area contributed by atoms with Crippen molar-refractivity contribution in [2.24, 2.45) is 5.92 Å². The van der Waals surface area contributed by atoms with Crippen LogP contribution in [-0.2, 0) is 0 Å². The molecule has 2 fully saturated rings. The molecule has 0 bridgehead atoms. The van der Waals surface area contributed by atoms with Crippen LogP contribution in [0.5, 0.6) is 0 Å². The van der Waals surface area contributed by atoms with Gasteiger partial charge in [0.15, 0.2) is 0 Å². The molecule has 1 N–H and O–H groups in total. The smallest absolute Gasteiger partial charge is 0.322 e. The molecule has 6 heteroatoms. The van der Waals surface area contributed by atoms with E-state index in [0.29, 0.717) is 12.0 Å². The monoisotopic (exact) mass is 379 g/mol. The molecule has 4 rings (SSSR count). The number of hydrogen-bond donors (Lipinski definition) is 1. The highest BCUT2D eigenvalue weighted by Crippen LogP contribution is 2.31. The summed E-state index contributed by atoms with van der Waals surface area (Å²) in [5.41, 5.74) is 0.867. The van der Waals surface area contributed by atoms with Crippen LogP contribution in [-0.4, -0.2) is 46.6 Å². The first-order chi connectivity index (χ1) is 13.8. The van der Waals surface area contributed by atoms with Crippen LogP contribution in [0, 0.1) is 5.92 Å². The van der Waals surface area contributed by atoms with E-state index in [1.807, 2.05) is 36.4 Å². The van der Waals surface area contributed by atoms with Crippen molar-refractivity contribution in [2.75, 3.05) is 29.9 Å². The van der Waals surface area contributed by atoms with Gasteiger partial charge in [0.2, 0.25) is 5.95 Å². The summed E-state index contributed by atoms with van der Waals surface area (Å²) >= 11 is 0. The highest BCUT2D eigenvalue weighted by molar-refractivity contribution is 5.89. The minimum atomic E-state index is 0.0481. The normalized spacial score (nSPS) is 21.2. The molecule has 2 aliphatic heterocycles. The number of piperidine rings is 1. The number of carbonyl (C=O) groups is 1. The Morgan fingerprint density at radius 2 is 1.64 bits per heavy atom. The van der Waals surface area contributed by atoms with Gasteiger partial charge >= 0.3 is 6.03 Å². The number of likely N-dealkylation sites (tertiary alicyclic amines) is 1. The van der Waals surface area contributed by atoms with Gasteiger partial charge in [0.25, 0.3) is 0 Å². The minimum Gasteiger partial charge on any atom is -0.341 e. The molecule has 0 aliphatic carbocycles. The van der Waals surface area contributed by atoms with Gasteiger partial charge in [0.1, 0.15) is 0 Å². The van der Waals surface area contributed by atoms with Gasteiger partial charge in [-0.2, -0.15) is 0 Å². The first-order valence-corrected chi connectivity index (χ1v) is 10.5. The van der Waals surface area contributed by atoms with Gasteiger partial charge in [-0.25, -0.2) is 14.8 Å². The highest BCUT2D eigenvalue weighted by Gasteiger charge is 2.34. The summed E-state index contributed by atoms with van der Waals surface area (Å²) in [7, 11) is 0. The van der Waals surface area contributed by atoms with Gasteiger partial charge in [-0.1, -0.05) is 31.0 Å². The lowest BCUT2D eigenvalue weighted by Crippen LogP contribution is -2.49. The third-order valence-electron chi connectivity index (χ3n) is 6.00. The maximum atomic E-state index is 13.0. The highest BCUT2D eigenvalue weighted by atomic mass is 16.2. The topological polar surface area (TPSA) is 61.4 Å². The molecule has 0 unspecified atom stereocenters.